The van der Waals surface area contributed by atoms with E-state index < -0.39 is 18.4 Å². The molecule has 0 N–H and O–H groups in total. The Morgan fingerprint density at radius 1 is 1.00 bits per heavy atom. The molecule has 0 fully saturated rings. The first-order valence-corrected chi connectivity index (χ1v) is 16.6. The Balaban J connectivity index is 3.09. The minimum absolute atomic E-state index is 1.02. The van der Waals surface area contributed by atoms with Gasteiger partial charge >= 0.3 is 134 Å². The van der Waals surface area contributed by atoms with Crippen LogP contribution in [0.4, 0.5) is 0 Å². The average molecular weight is 398 g/mol. The third-order valence-electron chi connectivity index (χ3n) is 4.29. The summed E-state index contributed by atoms with van der Waals surface area (Å²) in [6, 6.07) is 4.54. The molecule has 112 valence electrons. The van der Waals surface area contributed by atoms with Gasteiger partial charge in [-0.1, -0.05) is 0 Å². The van der Waals surface area contributed by atoms with E-state index in [1.807, 2.05) is 11.3 Å². The molecule has 3 heteroatoms. The molecule has 0 aliphatic heterocycles. The molecule has 0 unspecified atom stereocenters. The maximum atomic E-state index is 9.44. The van der Waals surface area contributed by atoms with Crippen molar-refractivity contribution in [1.29, 1.82) is 5.26 Å². The molecule has 1 aromatic rings. The van der Waals surface area contributed by atoms with Crippen LogP contribution in [-0.4, -0.2) is 18.4 Å². The minimum atomic E-state index is -2.33. The molecule has 1 rings (SSSR count). The standard InChI is InChI=1S/C5H2NS.3C4H9.Sn/c6-3-5-1-2-7-4-5;3*1-3-4-2;/h1-2H;3*1,3-4H2,2H3;. The van der Waals surface area contributed by atoms with Crippen LogP contribution in [0.15, 0.2) is 11.4 Å². The molecule has 20 heavy (non-hydrogen) atoms. The molecule has 0 radical (unpaired) electrons. The van der Waals surface area contributed by atoms with E-state index in [2.05, 4.69) is 38.3 Å². The van der Waals surface area contributed by atoms with Gasteiger partial charge in [0.05, 0.1) is 0 Å². The van der Waals surface area contributed by atoms with E-state index in [1.165, 1.54) is 51.8 Å². The van der Waals surface area contributed by atoms with Crippen molar-refractivity contribution in [3.05, 3.63) is 17.0 Å². The molecule has 0 spiro atoms. The van der Waals surface area contributed by atoms with Crippen LogP contribution in [0.1, 0.15) is 64.9 Å². The number of hydrogen-bond acceptors (Lipinski definition) is 2. The van der Waals surface area contributed by atoms with E-state index in [1.54, 1.807) is 2.89 Å². The molecule has 0 saturated heterocycles. The first-order chi connectivity index (χ1) is 9.74. The van der Waals surface area contributed by atoms with E-state index in [0.29, 0.717) is 0 Å². The summed E-state index contributed by atoms with van der Waals surface area (Å²) in [5.74, 6) is 0. The predicted octanol–water partition coefficient (Wildman–Crippen LogP) is 5.68. The van der Waals surface area contributed by atoms with E-state index in [4.69, 9.17) is 0 Å². The summed E-state index contributed by atoms with van der Waals surface area (Å²) in [6.07, 6.45) is 7.99. The molecular formula is C17H29NSSn. The summed E-state index contributed by atoms with van der Waals surface area (Å²) in [5.41, 5.74) is 1.02. The Bertz CT molecular complexity index is 397. The number of unbranched alkanes of at least 4 members (excludes halogenated alkanes) is 3. The van der Waals surface area contributed by atoms with Gasteiger partial charge in [0, 0.05) is 0 Å². The predicted molar refractivity (Wildman–Crippen MR) is 93.6 cm³/mol. The van der Waals surface area contributed by atoms with E-state index in [9.17, 15) is 5.26 Å². The molecule has 0 aliphatic carbocycles. The summed E-state index contributed by atoms with van der Waals surface area (Å²) in [7, 11) is 0. The van der Waals surface area contributed by atoms with E-state index >= 15 is 0 Å². The van der Waals surface area contributed by atoms with Crippen molar-refractivity contribution in [3.8, 4) is 6.07 Å². The first-order valence-electron chi connectivity index (χ1n) is 8.22. The Kier molecular flexibility index (Phi) is 8.88. The summed E-state index contributed by atoms with van der Waals surface area (Å²) in [5, 5.41) is 11.6. The van der Waals surface area contributed by atoms with Crippen molar-refractivity contribution in [3.63, 3.8) is 0 Å². The van der Waals surface area contributed by atoms with Crippen LogP contribution in [0.3, 0.4) is 0 Å². The zero-order valence-electron chi connectivity index (χ0n) is 13.4. The van der Waals surface area contributed by atoms with Gasteiger partial charge in [0.1, 0.15) is 0 Å². The average Bonchev–Trinajstić information content (AvgIpc) is 2.96. The molecule has 0 amide bonds. The van der Waals surface area contributed by atoms with Crippen molar-refractivity contribution >= 4 is 32.6 Å². The normalized spacial score (nSPS) is 11.5. The fourth-order valence-electron chi connectivity index (χ4n) is 3.07. The van der Waals surface area contributed by atoms with Crippen molar-refractivity contribution in [2.75, 3.05) is 0 Å². The summed E-state index contributed by atoms with van der Waals surface area (Å²) < 4.78 is 5.96. The van der Waals surface area contributed by atoms with Gasteiger partial charge in [-0.15, -0.1) is 0 Å². The molecule has 1 aromatic heterocycles. The Morgan fingerprint density at radius 3 is 1.90 bits per heavy atom. The van der Waals surface area contributed by atoms with Crippen LogP contribution in [0, 0.1) is 11.3 Å². The quantitative estimate of drug-likeness (QED) is 0.466. The van der Waals surface area contributed by atoms with Gasteiger partial charge in [0.2, 0.25) is 0 Å². The van der Waals surface area contributed by atoms with Crippen LogP contribution >= 0.6 is 11.3 Å². The molecule has 0 bridgehead atoms. The van der Waals surface area contributed by atoms with Gasteiger partial charge in [0.15, 0.2) is 0 Å². The Morgan fingerprint density at radius 2 is 1.50 bits per heavy atom. The number of thiophene rings is 1. The second-order valence-electron chi connectivity index (χ2n) is 5.87. The van der Waals surface area contributed by atoms with Gasteiger partial charge in [-0.3, -0.25) is 0 Å². The second-order valence-corrected chi connectivity index (χ2v) is 20.8. The summed E-state index contributed by atoms with van der Waals surface area (Å²) >= 11 is -0.428. The first kappa shape index (κ1) is 18.0. The van der Waals surface area contributed by atoms with Crippen LogP contribution < -0.4 is 2.89 Å². The van der Waals surface area contributed by atoms with Crippen molar-refractivity contribution in [2.45, 2.75) is 72.6 Å². The van der Waals surface area contributed by atoms with Gasteiger partial charge in [0.25, 0.3) is 0 Å². The van der Waals surface area contributed by atoms with Crippen LogP contribution in [0.2, 0.25) is 13.3 Å². The molecule has 0 aliphatic rings. The fourth-order valence-corrected chi connectivity index (χ4v) is 23.6. The van der Waals surface area contributed by atoms with Crippen molar-refractivity contribution in [2.24, 2.45) is 0 Å². The zero-order chi connectivity index (χ0) is 14.8. The van der Waals surface area contributed by atoms with Gasteiger partial charge in [-0.25, -0.2) is 0 Å². The van der Waals surface area contributed by atoms with Gasteiger partial charge in [-0.2, -0.15) is 0 Å². The molecule has 0 atom stereocenters. The number of nitrogens with zero attached hydrogens (tertiary/aromatic N) is 1. The van der Waals surface area contributed by atoms with Crippen molar-refractivity contribution < 1.29 is 0 Å². The number of nitriles is 1. The SMILES string of the molecule is CCC[CH2][Sn]([CH2]CCC)([CH2]CCC)[c]1sccc1C#N. The van der Waals surface area contributed by atoms with Crippen LogP contribution in [0.25, 0.3) is 0 Å². The Hall–Kier alpha value is -0.0113. The number of hydrogen-bond donors (Lipinski definition) is 0. The zero-order valence-corrected chi connectivity index (χ0v) is 17.0. The molecule has 0 saturated carbocycles. The summed E-state index contributed by atoms with van der Waals surface area (Å²) in [6.45, 7) is 6.90. The van der Waals surface area contributed by atoms with Crippen LogP contribution in [-0.2, 0) is 0 Å². The molecule has 1 heterocycles. The second kappa shape index (κ2) is 9.84. The monoisotopic (exact) mass is 399 g/mol. The van der Waals surface area contributed by atoms with Gasteiger partial charge < -0.3 is 0 Å². The fraction of sp³-hybridized carbons (Fsp3) is 0.706. The molecule has 0 aromatic carbocycles. The van der Waals surface area contributed by atoms with Crippen molar-refractivity contribution in [1.82, 2.24) is 0 Å². The van der Waals surface area contributed by atoms with Gasteiger partial charge in [-0.05, 0) is 0 Å². The van der Waals surface area contributed by atoms with Crippen LogP contribution in [0.5, 0.6) is 0 Å². The molecule has 1 nitrogen and oxygen atoms in total. The van der Waals surface area contributed by atoms with E-state index in [-0.39, 0.29) is 0 Å². The Labute approximate surface area is 133 Å². The molecular weight excluding hydrogens is 369 g/mol. The third kappa shape index (κ3) is 4.77. The maximum absolute atomic E-state index is 9.44. The van der Waals surface area contributed by atoms with E-state index in [0.717, 1.165) is 5.56 Å². The summed E-state index contributed by atoms with van der Waals surface area (Å²) in [4.78, 5) is 0. The number of rotatable bonds is 10. The third-order valence-corrected chi connectivity index (χ3v) is 23.7. The topological polar surface area (TPSA) is 23.8 Å².